The predicted molar refractivity (Wildman–Crippen MR) is 54.2 cm³/mol. The van der Waals surface area contributed by atoms with E-state index in [1.807, 2.05) is 11.3 Å². The molecule has 1 aliphatic carbocycles. The number of thiophene rings is 1. The minimum atomic E-state index is -0.109. The smallest absolute Gasteiger partial charge is 0.0916 e. The first-order valence-electron chi connectivity index (χ1n) is 4.95. The fourth-order valence-corrected chi connectivity index (χ4v) is 3.27. The molecule has 0 N–H and O–H groups in total. The van der Waals surface area contributed by atoms with Gasteiger partial charge in [0.1, 0.15) is 0 Å². The van der Waals surface area contributed by atoms with Gasteiger partial charge < -0.3 is 4.74 Å². The molecule has 1 fully saturated rings. The van der Waals surface area contributed by atoms with Crippen molar-refractivity contribution in [2.45, 2.75) is 31.3 Å². The molecule has 0 amide bonds. The molecule has 2 nitrogen and oxygen atoms in total. The Kier molecular flexibility index (Phi) is 1.70. The van der Waals surface area contributed by atoms with E-state index >= 15 is 0 Å². The van der Waals surface area contributed by atoms with Gasteiger partial charge in [-0.1, -0.05) is 0 Å². The molecule has 72 valence electrons. The van der Waals surface area contributed by atoms with Gasteiger partial charge >= 0.3 is 0 Å². The molecule has 0 saturated heterocycles. The van der Waals surface area contributed by atoms with Crippen molar-refractivity contribution in [1.29, 1.82) is 5.26 Å². The number of nitrogens with zero attached hydrogens (tertiary/aromatic N) is 1. The number of nitriles is 1. The Morgan fingerprint density at radius 2 is 2.36 bits per heavy atom. The van der Waals surface area contributed by atoms with Gasteiger partial charge in [-0.05, 0) is 24.5 Å². The summed E-state index contributed by atoms with van der Waals surface area (Å²) in [5.74, 6) is 0. The third-order valence-corrected chi connectivity index (χ3v) is 4.50. The van der Waals surface area contributed by atoms with Crippen LogP contribution in [0.25, 0.3) is 0 Å². The molecular formula is C11H11NOS. The second-order valence-electron chi connectivity index (χ2n) is 4.06. The zero-order chi connectivity index (χ0) is 9.60. The topological polar surface area (TPSA) is 33.0 Å². The molecule has 0 radical (unpaired) electrons. The molecule has 1 aromatic heterocycles. The Morgan fingerprint density at radius 3 is 3.00 bits per heavy atom. The number of hydrogen-bond donors (Lipinski definition) is 0. The summed E-state index contributed by atoms with van der Waals surface area (Å²) < 4.78 is 5.40. The van der Waals surface area contributed by atoms with E-state index in [-0.39, 0.29) is 5.41 Å². The molecule has 1 saturated carbocycles. The van der Waals surface area contributed by atoms with E-state index in [4.69, 9.17) is 10.00 Å². The zero-order valence-corrected chi connectivity index (χ0v) is 8.69. The van der Waals surface area contributed by atoms with Crippen molar-refractivity contribution >= 4 is 11.3 Å². The molecule has 0 aromatic carbocycles. The molecule has 14 heavy (non-hydrogen) atoms. The molecule has 1 aromatic rings. The lowest BCUT2D eigenvalue weighted by atomic mass is 10.1. The Morgan fingerprint density at radius 1 is 1.50 bits per heavy atom. The quantitative estimate of drug-likeness (QED) is 0.705. The van der Waals surface area contributed by atoms with Crippen molar-refractivity contribution in [3.63, 3.8) is 0 Å². The van der Waals surface area contributed by atoms with Crippen LogP contribution in [0.2, 0.25) is 0 Å². The fourth-order valence-electron chi connectivity index (χ4n) is 1.92. The molecule has 3 heteroatoms. The maximum Gasteiger partial charge on any atom is 0.0916 e. The Labute approximate surface area is 87.1 Å². The third-order valence-electron chi connectivity index (χ3n) is 3.06. The van der Waals surface area contributed by atoms with Gasteiger partial charge in [0, 0.05) is 16.2 Å². The molecule has 0 spiro atoms. The van der Waals surface area contributed by atoms with E-state index in [0.717, 1.165) is 32.5 Å². The molecule has 3 rings (SSSR count). The van der Waals surface area contributed by atoms with Gasteiger partial charge in [-0.3, -0.25) is 0 Å². The van der Waals surface area contributed by atoms with Crippen LogP contribution in [0, 0.1) is 11.3 Å². The summed E-state index contributed by atoms with van der Waals surface area (Å²) >= 11 is 1.83. The van der Waals surface area contributed by atoms with Crippen LogP contribution in [-0.4, -0.2) is 6.61 Å². The molecule has 0 bridgehead atoms. The minimum Gasteiger partial charge on any atom is -0.376 e. The van der Waals surface area contributed by atoms with Crippen LogP contribution in [0.4, 0.5) is 0 Å². The van der Waals surface area contributed by atoms with Crippen LogP contribution in [0.3, 0.4) is 0 Å². The Bertz CT molecular complexity index is 388. The highest BCUT2D eigenvalue weighted by Gasteiger charge is 2.46. The van der Waals surface area contributed by atoms with Crippen LogP contribution in [0.15, 0.2) is 6.07 Å². The summed E-state index contributed by atoms with van der Waals surface area (Å²) in [6.07, 6.45) is 3.12. The number of ether oxygens (including phenoxy) is 1. The maximum atomic E-state index is 9.10. The van der Waals surface area contributed by atoms with Crippen LogP contribution in [0.5, 0.6) is 0 Å². The van der Waals surface area contributed by atoms with Crippen LogP contribution < -0.4 is 0 Å². The monoisotopic (exact) mass is 205 g/mol. The molecule has 2 aliphatic rings. The van der Waals surface area contributed by atoms with Gasteiger partial charge in [-0.25, -0.2) is 0 Å². The van der Waals surface area contributed by atoms with Crippen molar-refractivity contribution in [2.75, 3.05) is 6.61 Å². The van der Waals surface area contributed by atoms with Gasteiger partial charge in [-0.2, -0.15) is 5.26 Å². The summed E-state index contributed by atoms with van der Waals surface area (Å²) in [6, 6.07) is 4.64. The van der Waals surface area contributed by atoms with Gasteiger partial charge in [0.05, 0.1) is 24.7 Å². The fraction of sp³-hybridized carbons (Fsp3) is 0.545. The normalized spacial score (nSPS) is 22.5. The third kappa shape index (κ3) is 1.11. The largest absolute Gasteiger partial charge is 0.376 e. The highest BCUT2D eigenvalue weighted by molar-refractivity contribution is 7.12. The summed E-state index contributed by atoms with van der Waals surface area (Å²) in [7, 11) is 0. The number of rotatable bonds is 1. The summed E-state index contributed by atoms with van der Waals surface area (Å²) in [6.45, 7) is 1.58. The van der Waals surface area contributed by atoms with Gasteiger partial charge in [-0.15, -0.1) is 11.3 Å². The predicted octanol–water partition coefficient (Wildman–Crippen LogP) is 2.38. The Hall–Kier alpha value is -0.850. The van der Waals surface area contributed by atoms with E-state index in [1.54, 1.807) is 0 Å². The highest BCUT2D eigenvalue weighted by Crippen LogP contribution is 2.51. The Balaban J connectivity index is 2.01. The van der Waals surface area contributed by atoms with E-state index in [0.29, 0.717) is 0 Å². The van der Waals surface area contributed by atoms with Crippen molar-refractivity contribution in [3.05, 3.63) is 21.4 Å². The average Bonchev–Trinajstić information content (AvgIpc) is 2.91. The molecule has 1 aliphatic heterocycles. The maximum absolute atomic E-state index is 9.10. The van der Waals surface area contributed by atoms with Crippen LogP contribution >= 0.6 is 11.3 Å². The van der Waals surface area contributed by atoms with Gasteiger partial charge in [0.15, 0.2) is 0 Å². The number of fused-ring (bicyclic) bond motifs is 1. The lowest BCUT2D eigenvalue weighted by Crippen LogP contribution is -2.05. The van der Waals surface area contributed by atoms with Crippen molar-refractivity contribution in [3.8, 4) is 6.07 Å². The molecule has 2 heterocycles. The summed E-state index contributed by atoms with van der Waals surface area (Å²) in [4.78, 5) is 2.71. The van der Waals surface area contributed by atoms with Crippen molar-refractivity contribution in [1.82, 2.24) is 0 Å². The zero-order valence-electron chi connectivity index (χ0n) is 7.88. The second-order valence-corrected chi connectivity index (χ2v) is 5.19. The first-order chi connectivity index (χ1) is 6.84. The van der Waals surface area contributed by atoms with Crippen molar-refractivity contribution < 1.29 is 4.74 Å². The van der Waals surface area contributed by atoms with Gasteiger partial charge in [0.2, 0.25) is 0 Å². The molecule has 0 unspecified atom stereocenters. The van der Waals surface area contributed by atoms with Crippen LogP contribution in [-0.2, 0) is 23.2 Å². The van der Waals surface area contributed by atoms with E-state index < -0.39 is 0 Å². The highest BCUT2D eigenvalue weighted by atomic mass is 32.1. The number of hydrogen-bond acceptors (Lipinski definition) is 3. The minimum absolute atomic E-state index is 0.109. The van der Waals surface area contributed by atoms with E-state index in [2.05, 4.69) is 12.1 Å². The lowest BCUT2D eigenvalue weighted by Gasteiger charge is -2.10. The van der Waals surface area contributed by atoms with Crippen LogP contribution in [0.1, 0.15) is 28.2 Å². The first kappa shape index (κ1) is 8.46. The summed E-state index contributed by atoms with van der Waals surface area (Å²) in [5, 5.41) is 9.10. The standard InChI is InChI=1S/C11H11NOS/c12-7-11(2-3-11)10-5-8-6-13-4-1-9(8)14-10/h5H,1-4,6H2. The lowest BCUT2D eigenvalue weighted by molar-refractivity contribution is 0.112. The SMILES string of the molecule is N#CC1(c2cc3c(s2)CCOC3)CC1. The second kappa shape index (κ2) is 2.82. The molecule has 0 atom stereocenters. The molecular weight excluding hydrogens is 194 g/mol. The van der Waals surface area contributed by atoms with Gasteiger partial charge in [0.25, 0.3) is 0 Å². The van der Waals surface area contributed by atoms with Crippen molar-refractivity contribution in [2.24, 2.45) is 0 Å². The summed E-state index contributed by atoms with van der Waals surface area (Å²) in [5.41, 5.74) is 1.21. The first-order valence-corrected chi connectivity index (χ1v) is 5.77. The van der Waals surface area contributed by atoms with E-state index in [1.165, 1.54) is 15.3 Å². The average molecular weight is 205 g/mol. The van der Waals surface area contributed by atoms with E-state index in [9.17, 15) is 0 Å².